The van der Waals surface area contributed by atoms with Gasteiger partial charge in [-0.05, 0) is 0 Å². The Morgan fingerprint density at radius 1 is 1.50 bits per heavy atom. The quantitative estimate of drug-likeness (QED) is 0.749. The number of amides is 1. The van der Waals surface area contributed by atoms with Gasteiger partial charge in [0, 0.05) is 32.1 Å². The fourth-order valence-electron chi connectivity index (χ4n) is 1.76. The molecular weight excluding hydrogens is 236 g/mol. The molecule has 0 spiro atoms. The van der Waals surface area contributed by atoms with Crippen molar-refractivity contribution in [3.63, 3.8) is 0 Å². The van der Waals surface area contributed by atoms with Crippen molar-refractivity contribution in [3.8, 4) is 0 Å². The highest BCUT2D eigenvalue weighted by molar-refractivity contribution is 5.76. The van der Waals surface area contributed by atoms with Crippen LogP contribution in [0, 0.1) is 0 Å². The van der Waals surface area contributed by atoms with E-state index in [1.54, 1.807) is 4.90 Å². The van der Waals surface area contributed by atoms with Gasteiger partial charge in [-0.2, -0.15) is 5.10 Å². The first-order valence-electron chi connectivity index (χ1n) is 5.90. The molecule has 0 radical (unpaired) electrons. The normalized spacial score (nSPS) is 15.4. The second kappa shape index (κ2) is 6.15. The third-order valence-corrected chi connectivity index (χ3v) is 2.70. The molecule has 1 amide bonds. The average molecular weight is 252 g/mol. The van der Waals surface area contributed by atoms with Crippen LogP contribution in [-0.4, -0.2) is 53.9 Å². The highest BCUT2D eigenvalue weighted by Gasteiger charge is 2.15. The highest BCUT2D eigenvalue weighted by Crippen LogP contribution is 2.02. The van der Waals surface area contributed by atoms with Gasteiger partial charge in [0.2, 0.25) is 5.91 Å². The van der Waals surface area contributed by atoms with E-state index >= 15 is 0 Å². The molecule has 2 N–H and O–H groups in total. The van der Waals surface area contributed by atoms with Gasteiger partial charge < -0.3 is 15.0 Å². The van der Waals surface area contributed by atoms with E-state index in [0.29, 0.717) is 45.0 Å². The first-order valence-corrected chi connectivity index (χ1v) is 5.90. The lowest BCUT2D eigenvalue weighted by molar-refractivity contribution is -0.134. The Balaban J connectivity index is 1.74. The maximum atomic E-state index is 11.8. The number of morpholine rings is 1. The van der Waals surface area contributed by atoms with Crippen LogP contribution >= 0.6 is 0 Å². The minimum Gasteiger partial charge on any atom is -0.383 e. The van der Waals surface area contributed by atoms with Gasteiger partial charge in [-0.15, -0.1) is 0 Å². The van der Waals surface area contributed by atoms with Crippen molar-refractivity contribution in [3.05, 3.63) is 22.6 Å². The molecule has 0 bridgehead atoms. The monoisotopic (exact) mass is 252 g/mol. The minimum absolute atomic E-state index is 0.101. The number of hydrogen-bond acceptors (Lipinski definition) is 5. The van der Waals surface area contributed by atoms with Crippen molar-refractivity contribution in [1.29, 1.82) is 0 Å². The topological polar surface area (TPSA) is 87.3 Å². The molecule has 0 atom stereocenters. The molecule has 1 aliphatic heterocycles. The van der Waals surface area contributed by atoms with E-state index in [2.05, 4.69) is 15.5 Å². The number of aromatic nitrogens is 2. The van der Waals surface area contributed by atoms with Gasteiger partial charge in [0.1, 0.15) is 0 Å². The molecule has 2 heterocycles. The Bertz CT molecular complexity index is 454. The van der Waals surface area contributed by atoms with Crippen LogP contribution in [0.15, 0.2) is 17.1 Å². The number of anilines is 1. The fraction of sp³-hybridized carbons (Fsp3) is 0.545. The summed E-state index contributed by atoms with van der Waals surface area (Å²) in [6.07, 6.45) is 1.91. The zero-order chi connectivity index (χ0) is 12.8. The number of carbonyl (C=O) groups excluding carboxylic acids is 1. The lowest BCUT2D eigenvalue weighted by Gasteiger charge is -2.26. The van der Waals surface area contributed by atoms with Gasteiger partial charge >= 0.3 is 0 Å². The number of carbonyl (C=O) groups is 1. The predicted octanol–water partition coefficient (Wildman–Crippen LogP) is -0.569. The molecule has 0 unspecified atom stereocenters. The molecule has 1 aromatic heterocycles. The summed E-state index contributed by atoms with van der Waals surface area (Å²) in [5, 5.41) is 8.94. The zero-order valence-corrected chi connectivity index (χ0v) is 10.0. The molecule has 7 heteroatoms. The Hall–Kier alpha value is -1.89. The number of rotatable bonds is 4. The molecular formula is C11H16N4O3. The van der Waals surface area contributed by atoms with Crippen LogP contribution in [0.3, 0.4) is 0 Å². The van der Waals surface area contributed by atoms with E-state index in [1.165, 1.54) is 12.3 Å². The molecule has 7 nitrogen and oxygen atoms in total. The largest absolute Gasteiger partial charge is 0.383 e. The van der Waals surface area contributed by atoms with Gasteiger partial charge in [-0.25, -0.2) is 5.10 Å². The lowest BCUT2D eigenvalue weighted by atomic mass is 10.3. The molecule has 2 rings (SSSR count). The summed E-state index contributed by atoms with van der Waals surface area (Å²) in [7, 11) is 0. The van der Waals surface area contributed by atoms with E-state index in [-0.39, 0.29) is 11.5 Å². The van der Waals surface area contributed by atoms with Crippen molar-refractivity contribution in [2.45, 2.75) is 6.42 Å². The van der Waals surface area contributed by atoms with E-state index in [0.717, 1.165) is 0 Å². The maximum Gasteiger partial charge on any atom is 0.266 e. The molecule has 1 fully saturated rings. The number of nitrogens with zero attached hydrogens (tertiary/aromatic N) is 2. The van der Waals surface area contributed by atoms with Crippen LogP contribution in [0.4, 0.5) is 5.69 Å². The van der Waals surface area contributed by atoms with Gasteiger partial charge in [-0.3, -0.25) is 9.59 Å². The third-order valence-electron chi connectivity index (χ3n) is 2.70. The Morgan fingerprint density at radius 3 is 3.00 bits per heavy atom. The van der Waals surface area contributed by atoms with E-state index in [9.17, 15) is 9.59 Å². The van der Waals surface area contributed by atoms with Crippen molar-refractivity contribution in [1.82, 2.24) is 15.1 Å². The summed E-state index contributed by atoms with van der Waals surface area (Å²) in [5.74, 6) is 0.101. The van der Waals surface area contributed by atoms with Gasteiger partial charge in [-0.1, -0.05) is 0 Å². The first-order chi connectivity index (χ1) is 8.75. The van der Waals surface area contributed by atoms with Crippen LogP contribution < -0.4 is 10.9 Å². The van der Waals surface area contributed by atoms with Crippen molar-refractivity contribution in [2.75, 3.05) is 38.2 Å². The van der Waals surface area contributed by atoms with Crippen LogP contribution in [0.1, 0.15) is 6.42 Å². The van der Waals surface area contributed by atoms with Crippen molar-refractivity contribution < 1.29 is 9.53 Å². The molecule has 98 valence electrons. The van der Waals surface area contributed by atoms with Crippen LogP contribution in [0.5, 0.6) is 0 Å². The smallest absolute Gasteiger partial charge is 0.266 e. The van der Waals surface area contributed by atoms with Crippen LogP contribution in [0.2, 0.25) is 0 Å². The predicted molar refractivity (Wildman–Crippen MR) is 65.4 cm³/mol. The number of ether oxygens (including phenoxy) is 1. The number of nitrogens with one attached hydrogen (secondary N) is 2. The summed E-state index contributed by atoms with van der Waals surface area (Å²) in [6.45, 7) is 3.02. The molecule has 1 aromatic rings. The van der Waals surface area contributed by atoms with E-state index in [4.69, 9.17) is 4.74 Å². The fourth-order valence-corrected chi connectivity index (χ4v) is 1.76. The first kappa shape index (κ1) is 12.6. The highest BCUT2D eigenvalue weighted by atomic mass is 16.5. The molecule has 0 aliphatic carbocycles. The second-order valence-electron chi connectivity index (χ2n) is 4.00. The maximum absolute atomic E-state index is 11.8. The van der Waals surface area contributed by atoms with E-state index < -0.39 is 0 Å². The molecule has 1 saturated heterocycles. The summed E-state index contributed by atoms with van der Waals surface area (Å²) in [5.41, 5.74) is 0.355. The second-order valence-corrected chi connectivity index (χ2v) is 4.00. The number of H-pyrrole nitrogens is 1. The third kappa shape index (κ3) is 3.56. The summed E-state index contributed by atoms with van der Waals surface area (Å²) in [6, 6.07) is 1.41. The zero-order valence-electron chi connectivity index (χ0n) is 10.0. The Labute approximate surface area is 104 Å². The molecule has 18 heavy (non-hydrogen) atoms. The summed E-state index contributed by atoms with van der Waals surface area (Å²) >= 11 is 0. The van der Waals surface area contributed by atoms with Crippen molar-refractivity contribution >= 4 is 11.6 Å². The number of hydrogen-bond donors (Lipinski definition) is 2. The Morgan fingerprint density at radius 2 is 2.28 bits per heavy atom. The van der Waals surface area contributed by atoms with Gasteiger partial charge in [0.05, 0.1) is 25.1 Å². The lowest BCUT2D eigenvalue weighted by Crippen LogP contribution is -2.41. The van der Waals surface area contributed by atoms with Crippen LogP contribution in [0.25, 0.3) is 0 Å². The average Bonchev–Trinajstić information content (AvgIpc) is 2.40. The van der Waals surface area contributed by atoms with E-state index in [1.807, 2.05) is 0 Å². The standard InChI is InChI=1S/C11H16N4O3/c16-10-7-9(8-13-14-10)12-2-1-11(17)15-3-5-18-6-4-15/h7-8H,1-6H2,(H2,12,14,16). The van der Waals surface area contributed by atoms with Gasteiger partial charge in [0.15, 0.2) is 0 Å². The van der Waals surface area contributed by atoms with Crippen LogP contribution in [-0.2, 0) is 9.53 Å². The van der Waals surface area contributed by atoms with Crippen molar-refractivity contribution in [2.24, 2.45) is 0 Å². The minimum atomic E-state index is -0.264. The molecule has 0 saturated carbocycles. The SMILES string of the molecule is O=C(CCNc1cn[nH]c(=O)c1)N1CCOCC1. The molecule has 1 aliphatic rings. The number of aromatic amines is 1. The van der Waals surface area contributed by atoms with Gasteiger partial charge in [0.25, 0.3) is 5.56 Å². The molecule has 0 aromatic carbocycles. The summed E-state index contributed by atoms with van der Waals surface area (Å²) in [4.78, 5) is 24.6. The summed E-state index contributed by atoms with van der Waals surface area (Å²) < 4.78 is 5.18. The Kier molecular flexibility index (Phi) is 4.30.